The van der Waals surface area contributed by atoms with Gasteiger partial charge in [0.2, 0.25) is 0 Å². The van der Waals surface area contributed by atoms with E-state index in [1.165, 1.54) is 4.31 Å². The van der Waals surface area contributed by atoms with E-state index in [0.717, 1.165) is 33.2 Å². The fourth-order valence-electron chi connectivity index (χ4n) is 3.34. The number of nitrogens with zero attached hydrogens (tertiary/aromatic N) is 2. The zero-order chi connectivity index (χ0) is 17.8. The minimum atomic E-state index is -3.60. The van der Waals surface area contributed by atoms with Crippen molar-refractivity contribution in [2.24, 2.45) is 0 Å². The fraction of sp³-hybridized carbons (Fsp3) is 0.250. The van der Waals surface area contributed by atoms with Crippen LogP contribution in [0.5, 0.6) is 0 Å². The number of anilines is 1. The smallest absolute Gasteiger partial charge is 0.249 e. The summed E-state index contributed by atoms with van der Waals surface area (Å²) in [6.07, 6.45) is 0.691. The third-order valence-corrected chi connectivity index (χ3v) is 6.78. The Labute approximate surface area is 148 Å². The number of sulfonamides is 1. The van der Waals surface area contributed by atoms with E-state index >= 15 is 0 Å². The topological polar surface area (TPSA) is 50.3 Å². The largest absolute Gasteiger partial charge is 0.265 e. The lowest BCUT2D eigenvalue weighted by atomic mass is 10.1. The first kappa shape index (κ1) is 16.1. The van der Waals surface area contributed by atoms with Crippen LogP contribution in [0, 0.1) is 20.8 Å². The molecule has 0 spiro atoms. The van der Waals surface area contributed by atoms with Gasteiger partial charge in [-0.05, 0) is 67.6 Å². The molecule has 0 amide bonds. The number of para-hydroxylation sites is 1. The van der Waals surface area contributed by atoms with Gasteiger partial charge in [0.05, 0.1) is 10.4 Å². The summed E-state index contributed by atoms with van der Waals surface area (Å²) in [6, 6.07) is 13.4. The number of aryl methyl sites for hydroxylation is 3. The maximum Gasteiger partial charge on any atom is 0.265 e. The van der Waals surface area contributed by atoms with Crippen molar-refractivity contribution in [1.82, 2.24) is 4.98 Å². The summed E-state index contributed by atoms with van der Waals surface area (Å²) in [6.45, 7) is 6.35. The molecule has 128 valence electrons. The van der Waals surface area contributed by atoms with Crippen LogP contribution in [0.4, 0.5) is 5.82 Å². The molecule has 1 aliphatic heterocycles. The van der Waals surface area contributed by atoms with Crippen molar-refractivity contribution in [2.75, 3.05) is 10.8 Å². The average molecular weight is 352 g/mol. The van der Waals surface area contributed by atoms with Crippen molar-refractivity contribution in [3.05, 3.63) is 64.7 Å². The van der Waals surface area contributed by atoms with Crippen LogP contribution in [0.15, 0.2) is 47.4 Å². The lowest BCUT2D eigenvalue weighted by Gasteiger charge is -2.19. The first-order chi connectivity index (χ1) is 11.9. The van der Waals surface area contributed by atoms with E-state index in [9.17, 15) is 8.42 Å². The Balaban J connectivity index is 1.86. The van der Waals surface area contributed by atoms with Crippen molar-refractivity contribution >= 4 is 26.7 Å². The van der Waals surface area contributed by atoms with Crippen LogP contribution in [0.1, 0.15) is 22.3 Å². The van der Waals surface area contributed by atoms with Crippen LogP contribution in [0.25, 0.3) is 10.9 Å². The van der Waals surface area contributed by atoms with E-state index < -0.39 is 10.0 Å². The summed E-state index contributed by atoms with van der Waals surface area (Å²) >= 11 is 0. The molecule has 2 heterocycles. The van der Waals surface area contributed by atoms with Crippen LogP contribution < -0.4 is 4.31 Å². The Hall–Kier alpha value is -2.40. The number of hydrogen-bond donors (Lipinski definition) is 0. The highest BCUT2D eigenvalue weighted by Gasteiger charge is 2.32. The van der Waals surface area contributed by atoms with Crippen LogP contribution in [-0.2, 0) is 16.4 Å². The average Bonchev–Trinajstić information content (AvgIpc) is 2.99. The van der Waals surface area contributed by atoms with E-state index in [4.69, 9.17) is 4.98 Å². The van der Waals surface area contributed by atoms with Crippen molar-refractivity contribution in [1.29, 1.82) is 0 Å². The van der Waals surface area contributed by atoms with E-state index in [1.54, 1.807) is 12.1 Å². The van der Waals surface area contributed by atoms with Gasteiger partial charge in [-0.2, -0.15) is 0 Å². The van der Waals surface area contributed by atoms with Gasteiger partial charge in [-0.3, -0.25) is 0 Å². The maximum atomic E-state index is 13.2. The van der Waals surface area contributed by atoms with Gasteiger partial charge in [-0.1, -0.05) is 24.3 Å². The minimum Gasteiger partial charge on any atom is -0.249 e. The molecule has 0 unspecified atom stereocenters. The van der Waals surface area contributed by atoms with Gasteiger partial charge in [0.25, 0.3) is 10.0 Å². The molecule has 4 rings (SSSR count). The Bertz CT molecular complexity index is 1100. The van der Waals surface area contributed by atoms with Gasteiger partial charge in [-0.15, -0.1) is 0 Å². The number of rotatable bonds is 2. The molecular weight excluding hydrogens is 332 g/mol. The standard InChI is InChI=1S/C20H20N2O2S/c1-13-7-8-18(11-15(13)3)25(23,24)22-10-9-17-12-16-6-4-5-14(2)19(16)21-20(17)22/h4-8,11-12H,9-10H2,1-3H3. The third kappa shape index (κ3) is 2.50. The van der Waals surface area contributed by atoms with Gasteiger partial charge in [-0.25, -0.2) is 17.7 Å². The molecule has 0 saturated carbocycles. The quantitative estimate of drug-likeness (QED) is 0.702. The molecule has 0 saturated heterocycles. The summed E-state index contributed by atoms with van der Waals surface area (Å²) in [5.41, 5.74) is 4.97. The normalized spacial score (nSPS) is 14.1. The van der Waals surface area contributed by atoms with E-state index in [1.807, 2.05) is 45.0 Å². The third-order valence-electron chi connectivity index (χ3n) is 4.99. The van der Waals surface area contributed by atoms with Gasteiger partial charge < -0.3 is 0 Å². The van der Waals surface area contributed by atoms with Crippen molar-refractivity contribution in [3.8, 4) is 0 Å². The predicted molar refractivity (Wildman–Crippen MR) is 101 cm³/mol. The van der Waals surface area contributed by atoms with Crippen LogP contribution >= 0.6 is 0 Å². The molecule has 25 heavy (non-hydrogen) atoms. The highest BCUT2D eigenvalue weighted by atomic mass is 32.2. The molecule has 5 heteroatoms. The zero-order valence-corrected chi connectivity index (χ0v) is 15.4. The molecular formula is C20H20N2O2S. The first-order valence-electron chi connectivity index (χ1n) is 8.37. The number of benzene rings is 2. The number of hydrogen-bond acceptors (Lipinski definition) is 3. The molecule has 0 atom stereocenters. The van der Waals surface area contributed by atoms with Crippen molar-refractivity contribution in [3.63, 3.8) is 0 Å². The molecule has 0 bridgehead atoms. The second-order valence-corrected chi connectivity index (χ2v) is 8.55. The lowest BCUT2D eigenvalue weighted by Crippen LogP contribution is -2.29. The highest BCUT2D eigenvalue weighted by molar-refractivity contribution is 7.92. The monoisotopic (exact) mass is 352 g/mol. The van der Waals surface area contributed by atoms with E-state index in [2.05, 4.69) is 6.07 Å². The molecule has 0 aliphatic carbocycles. The van der Waals surface area contributed by atoms with Gasteiger partial charge in [0.15, 0.2) is 0 Å². The first-order valence-corrected chi connectivity index (χ1v) is 9.81. The number of pyridine rings is 1. The Kier molecular flexibility index (Phi) is 3.58. The number of fused-ring (bicyclic) bond motifs is 2. The maximum absolute atomic E-state index is 13.2. The fourth-order valence-corrected chi connectivity index (χ4v) is 4.88. The molecule has 0 radical (unpaired) electrons. The SMILES string of the molecule is Cc1ccc(S(=O)(=O)N2CCc3cc4cccc(C)c4nc32)cc1C. The van der Waals surface area contributed by atoms with Gasteiger partial charge in [0, 0.05) is 11.9 Å². The molecule has 0 fully saturated rings. The highest BCUT2D eigenvalue weighted by Crippen LogP contribution is 2.34. The molecule has 0 N–H and O–H groups in total. The van der Waals surface area contributed by atoms with E-state index in [-0.39, 0.29) is 0 Å². The zero-order valence-electron chi connectivity index (χ0n) is 14.6. The van der Waals surface area contributed by atoms with Crippen LogP contribution in [0.2, 0.25) is 0 Å². The summed E-state index contributed by atoms with van der Waals surface area (Å²) in [5, 5.41) is 1.06. The molecule has 1 aliphatic rings. The van der Waals surface area contributed by atoms with Gasteiger partial charge >= 0.3 is 0 Å². The minimum absolute atomic E-state index is 0.329. The second kappa shape index (κ2) is 5.56. The Morgan fingerprint density at radius 1 is 0.960 bits per heavy atom. The molecule has 1 aromatic heterocycles. The van der Waals surface area contributed by atoms with Crippen molar-refractivity contribution < 1.29 is 8.42 Å². The second-order valence-electron chi connectivity index (χ2n) is 6.69. The Morgan fingerprint density at radius 2 is 1.76 bits per heavy atom. The summed E-state index contributed by atoms with van der Waals surface area (Å²) in [7, 11) is -3.60. The summed E-state index contributed by atoms with van der Waals surface area (Å²) < 4.78 is 27.8. The number of aromatic nitrogens is 1. The Morgan fingerprint density at radius 3 is 2.52 bits per heavy atom. The molecule has 2 aromatic carbocycles. The van der Waals surface area contributed by atoms with Crippen LogP contribution in [-0.4, -0.2) is 19.9 Å². The predicted octanol–water partition coefficient (Wildman–Crippen LogP) is 3.91. The molecule has 4 nitrogen and oxygen atoms in total. The van der Waals surface area contributed by atoms with Gasteiger partial charge in [0.1, 0.15) is 5.82 Å². The summed E-state index contributed by atoms with van der Waals surface area (Å²) in [5.74, 6) is 0.569. The molecule has 3 aromatic rings. The lowest BCUT2D eigenvalue weighted by molar-refractivity contribution is 0.592. The van der Waals surface area contributed by atoms with E-state index in [0.29, 0.717) is 23.7 Å². The summed E-state index contributed by atoms with van der Waals surface area (Å²) in [4.78, 5) is 5.04. The van der Waals surface area contributed by atoms with Crippen LogP contribution in [0.3, 0.4) is 0 Å². The van der Waals surface area contributed by atoms with Crippen molar-refractivity contribution in [2.45, 2.75) is 32.1 Å².